The summed E-state index contributed by atoms with van der Waals surface area (Å²) in [6, 6.07) is 32.8. The molecule has 7 rings (SSSR count). The van der Waals surface area contributed by atoms with Crippen LogP contribution in [0.3, 0.4) is 0 Å². The summed E-state index contributed by atoms with van der Waals surface area (Å²) in [6.45, 7) is 4.65. The Kier molecular flexibility index (Phi) is 4.42. The molecule has 1 aliphatic carbocycles. The second-order valence-corrected chi connectivity index (χ2v) is 10.8. The van der Waals surface area contributed by atoms with E-state index in [1.54, 1.807) is 11.3 Å². The van der Waals surface area contributed by atoms with E-state index >= 15 is 0 Å². The van der Waals surface area contributed by atoms with Crippen LogP contribution >= 0.6 is 11.3 Å². The van der Waals surface area contributed by atoms with Gasteiger partial charge in [-0.05, 0) is 56.3 Å². The Morgan fingerprint density at radius 2 is 1.46 bits per heavy atom. The van der Waals surface area contributed by atoms with Gasteiger partial charge in [-0.3, -0.25) is 0 Å². The van der Waals surface area contributed by atoms with E-state index in [1.807, 2.05) is 12.1 Å². The summed E-state index contributed by atoms with van der Waals surface area (Å²) in [6.07, 6.45) is 0. The standard InChI is InChI=1S/C31H23BO2S/c1-31(2)25-13-6-5-10-22(25)23-15-14-19(16-26(23)31)21-11-7-12-24-28-20-9-4-3-8-18(20)17-27(34-32-33)30(28)35-29(21)24/h3-17,32-33H,1-2H3. The largest absolute Gasteiger partial charge is 0.538 e. The first-order valence-corrected chi connectivity index (χ1v) is 12.7. The van der Waals surface area contributed by atoms with Crippen molar-refractivity contribution < 1.29 is 9.68 Å². The molecule has 0 saturated carbocycles. The lowest BCUT2D eigenvalue weighted by molar-refractivity contribution is 0.457. The van der Waals surface area contributed by atoms with Gasteiger partial charge < -0.3 is 9.68 Å². The maximum Gasteiger partial charge on any atom is 0.504 e. The zero-order chi connectivity index (χ0) is 23.7. The summed E-state index contributed by atoms with van der Waals surface area (Å²) in [7, 11) is -0.338. The van der Waals surface area contributed by atoms with Gasteiger partial charge in [-0.1, -0.05) is 92.7 Å². The average molecular weight is 470 g/mol. The molecule has 0 atom stereocenters. The van der Waals surface area contributed by atoms with Gasteiger partial charge in [0.1, 0.15) is 5.75 Å². The molecule has 1 heterocycles. The molecule has 1 aromatic heterocycles. The minimum atomic E-state index is -0.338. The Morgan fingerprint density at radius 3 is 2.34 bits per heavy atom. The van der Waals surface area contributed by atoms with Crippen LogP contribution in [0.25, 0.3) is 53.2 Å². The molecule has 6 aromatic rings. The van der Waals surface area contributed by atoms with Crippen LogP contribution in [0.15, 0.2) is 91.0 Å². The third kappa shape index (κ3) is 2.87. The fraction of sp³-hybridized carbons (Fsp3) is 0.0968. The predicted octanol–water partition coefficient (Wildman–Crippen LogP) is 7.82. The van der Waals surface area contributed by atoms with E-state index in [1.165, 1.54) is 54.2 Å². The van der Waals surface area contributed by atoms with Crippen LogP contribution in [0.5, 0.6) is 5.75 Å². The molecule has 0 saturated heterocycles. The fourth-order valence-electron chi connectivity index (χ4n) is 5.89. The molecule has 1 aliphatic rings. The second kappa shape index (κ2) is 7.45. The Balaban J connectivity index is 1.51. The fourth-order valence-corrected chi connectivity index (χ4v) is 7.21. The summed E-state index contributed by atoms with van der Waals surface area (Å²) < 4.78 is 8.02. The summed E-state index contributed by atoms with van der Waals surface area (Å²) >= 11 is 1.75. The van der Waals surface area contributed by atoms with Gasteiger partial charge >= 0.3 is 7.69 Å². The van der Waals surface area contributed by atoms with Crippen molar-refractivity contribution in [3.63, 3.8) is 0 Å². The van der Waals surface area contributed by atoms with Gasteiger partial charge in [0.2, 0.25) is 0 Å². The lowest BCUT2D eigenvalue weighted by atomic mass is 9.81. The van der Waals surface area contributed by atoms with Crippen LogP contribution in [0.4, 0.5) is 0 Å². The van der Waals surface area contributed by atoms with E-state index in [4.69, 9.17) is 4.65 Å². The van der Waals surface area contributed by atoms with Crippen molar-refractivity contribution in [3.05, 3.63) is 102 Å². The van der Waals surface area contributed by atoms with Crippen LogP contribution in [-0.4, -0.2) is 12.7 Å². The molecule has 0 bridgehead atoms. The van der Waals surface area contributed by atoms with Crippen molar-refractivity contribution in [2.75, 3.05) is 0 Å². The smallest absolute Gasteiger partial charge is 0.504 e. The van der Waals surface area contributed by atoms with Crippen LogP contribution in [0.1, 0.15) is 25.0 Å². The lowest BCUT2D eigenvalue weighted by Gasteiger charge is -2.22. The van der Waals surface area contributed by atoms with Crippen LogP contribution in [0.2, 0.25) is 0 Å². The molecule has 0 spiro atoms. The Bertz CT molecular complexity index is 1800. The molecule has 1 N–H and O–H groups in total. The molecule has 2 nitrogen and oxygen atoms in total. The van der Waals surface area contributed by atoms with Gasteiger partial charge in [-0.15, -0.1) is 11.3 Å². The van der Waals surface area contributed by atoms with Crippen molar-refractivity contribution in [2.24, 2.45) is 0 Å². The van der Waals surface area contributed by atoms with Crippen molar-refractivity contribution in [1.29, 1.82) is 0 Å². The minimum absolute atomic E-state index is 0.0334. The molecule has 0 unspecified atom stereocenters. The third-order valence-corrected chi connectivity index (χ3v) is 8.82. The van der Waals surface area contributed by atoms with Crippen molar-refractivity contribution in [2.45, 2.75) is 19.3 Å². The monoisotopic (exact) mass is 470 g/mol. The summed E-state index contributed by atoms with van der Waals surface area (Å²) in [5.41, 5.74) is 7.88. The molecular formula is C31H23BO2S. The normalized spacial score (nSPS) is 13.8. The number of benzene rings is 5. The molecule has 168 valence electrons. The SMILES string of the molecule is CC1(C)c2ccccc2-c2ccc(-c3cccc4c3sc3c(OBO)cc5ccccc5c34)cc21. The summed E-state index contributed by atoms with van der Waals surface area (Å²) in [5, 5.41) is 14.3. The first kappa shape index (κ1) is 20.8. The molecule has 0 radical (unpaired) electrons. The third-order valence-electron chi connectivity index (χ3n) is 7.57. The quantitative estimate of drug-likeness (QED) is 0.267. The lowest BCUT2D eigenvalue weighted by Crippen LogP contribution is -2.14. The van der Waals surface area contributed by atoms with E-state index in [9.17, 15) is 5.02 Å². The van der Waals surface area contributed by atoms with E-state index < -0.39 is 0 Å². The summed E-state index contributed by atoms with van der Waals surface area (Å²) in [5.74, 6) is 0.735. The van der Waals surface area contributed by atoms with Crippen molar-refractivity contribution in [3.8, 4) is 28.0 Å². The van der Waals surface area contributed by atoms with Gasteiger partial charge in [-0.25, -0.2) is 0 Å². The maximum atomic E-state index is 9.55. The molecule has 35 heavy (non-hydrogen) atoms. The van der Waals surface area contributed by atoms with E-state index in [0.29, 0.717) is 0 Å². The average Bonchev–Trinajstić information content (AvgIpc) is 3.38. The zero-order valence-corrected chi connectivity index (χ0v) is 20.4. The van der Waals surface area contributed by atoms with E-state index in [2.05, 4.69) is 92.7 Å². The maximum absolute atomic E-state index is 9.55. The Labute approximate surface area is 208 Å². The van der Waals surface area contributed by atoms with Gasteiger partial charge in [0.05, 0.1) is 4.70 Å². The molecular weight excluding hydrogens is 447 g/mol. The highest BCUT2D eigenvalue weighted by molar-refractivity contribution is 7.27. The number of thiophene rings is 1. The minimum Gasteiger partial charge on any atom is -0.538 e. The van der Waals surface area contributed by atoms with Gasteiger partial charge in [0, 0.05) is 20.9 Å². The van der Waals surface area contributed by atoms with E-state index in [0.717, 1.165) is 15.8 Å². The highest BCUT2D eigenvalue weighted by Gasteiger charge is 2.35. The van der Waals surface area contributed by atoms with Crippen molar-refractivity contribution in [1.82, 2.24) is 0 Å². The Hall–Kier alpha value is -3.60. The molecule has 4 heteroatoms. The van der Waals surface area contributed by atoms with Crippen LogP contribution in [0, 0.1) is 0 Å². The molecule has 5 aromatic carbocycles. The second-order valence-electron chi connectivity index (χ2n) is 9.79. The highest BCUT2D eigenvalue weighted by Crippen LogP contribution is 2.51. The van der Waals surface area contributed by atoms with Crippen LogP contribution < -0.4 is 4.65 Å². The summed E-state index contributed by atoms with van der Waals surface area (Å²) in [4.78, 5) is 0. The predicted molar refractivity (Wildman–Crippen MR) is 150 cm³/mol. The molecule has 0 amide bonds. The molecule has 0 aliphatic heterocycles. The van der Waals surface area contributed by atoms with Crippen LogP contribution in [-0.2, 0) is 5.41 Å². The first-order chi connectivity index (χ1) is 17.1. The number of fused-ring (bicyclic) bond motifs is 8. The highest BCUT2D eigenvalue weighted by atomic mass is 32.1. The number of hydrogen-bond acceptors (Lipinski definition) is 3. The topological polar surface area (TPSA) is 29.5 Å². The first-order valence-electron chi connectivity index (χ1n) is 11.9. The van der Waals surface area contributed by atoms with Gasteiger partial charge in [0.25, 0.3) is 0 Å². The number of rotatable bonds is 3. The Morgan fingerprint density at radius 1 is 0.714 bits per heavy atom. The number of hydrogen-bond donors (Lipinski definition) is 1. The van der Waals surface area contributed by atoms with Crippen molar-refractivity contribution >= 4 is 50.0 Å². The van der Waals surface area contributed by atoms with E-state index in [-0.39, 0.29) is 13.1 Å². The zero-order valence-electron chi connectivity index (χ0n) is 19.6. The van der Waals surface area contributed by atoms with Gasteiger partial charge in [-0.2, -0.15) is 0 Å². The van der Waals surface area contributed by atoms with Gasteiger partial charge in [0.15, 0.2) is 0 Å². The molecule has 0 fully saturated rings.